The smallest absolute Gasteiger partial charge is 0.181 e. The number of nitrogens with one attached hydrogen (secondary N) is 1. The lowest BCUT2D eigenvalue weighted by molar-refractivity contribution is -0.0368. The number of aromatic nitrogens is 6. The average Bonchev–Trinajstić information content (AvgIpc) is 3.33. The second-order valence-corrected chi connectivity index (χ2v) is 7.40. The second kappa shape index (κ2) is 6.97. The van der Waals surface area contributed by atoms with Crippen molar-refractivity contribution < 1.29 is 9.84 Å². The van der Waals surface area contributed by atoms with E-state index in [9.17, 15) is 5.11 Å². The van der Waals surface area contributed by atoms with Gasteiger partial charge in [0.25, 0.3) is 0 Å². The average molecular weight is 419 g/mol. The van der Waals surface area contributed by atoms with Crippen molar-refractivity contribution in [3.63, 3.8) is 0 Å². The highest BCUT2D eigenvalue weighted by Crippen LogP contribution is 2.37. The number of aliphatic hydroxyl groups excluding tert-OH is 1. The van der Waals surface area contributed by atoms with E-state index in [1.54, 1.807) is 10.9 Å². The van der Waals surface area contributed by atoms with E-state index >= 15 is 0 Å². The molecule has 28 heavy (non-hydrogen) atoms. The Balaban J connectivity index is 1.78. The Morgan fingerprint density at radius 1 is 1.25 bits per heavy atom. The first-order chi connectivity index (χ1) is 13.7. The monoisotopic (exact) mass is 418 g/mol. The summed E-state index contributed by atoms with van der Waals surface area (Å²) in [4.78, 5) is 8.98. The highest BCUT2D eigenvalue weighted by Gasteiger charge is 2.26. The summed E-state index contributed by atoms with van der Waals surface area (Å²) in [6, 6.07) is 3.79. The molecule has 144 valence electrons. The summed E-state index contributed by atoms with van der Waals surface area (Å²) < 4.78 is 7.62. The van der Waals surface area contributed by atoms with Crippen molar-refractivity contribution in [1.82, 2.24) is 29.9 Å². The number of H-pyrrole nitrogens is 1. The van der Waals surface area contributed by atoms with Gasteiger partial charge < -0.3 is 9.84 Å². The molecule has 0 saturated carbocycles. The number of aliphatic hydroxyl groups is 1. The molecule has 1 aliphatic rings. The van der Waals surface area contributed by atoms with Gasteiger partial charge in [0.05, 0.1) is 23.3 Å². The van der Waals surface area contributed by atoms with Crippen LogP contribution in [0.15, 0.2) is 18.3 Å². The van der Waals surface area contributed by atoms with Crippen LogP contribution in [0, 0.1) is 0 Å². The Morgan fingerprint density at radius 3 is 2.93 bits per heavy atom. The minimum absolute atomic E-state index is 0.147. The van der Waals surface area contributed by atoms with Crippen LogP contribution in [0.1, 0.15) is 31.2 Å². The van der Waals surface area contributed by atoms with E-state index < -0.39 is 0 Å². The highest BCUT2D eigenvalue weighted by atomic mass is 35.5. The molecule has 1 aliphatic heterocycles. The van der Waals surface area contributed by atoms with Crippen molar-refractivity contribution in [2.45, 2.75) is 32.1 Å². The molecule has 8 nitrogen and oxygen atoms in total. The third-order valence-corrected chi connectivity index (χ3v) is 5.63. The number of halogens is 2. The largest absolute Gasteiger partial charge is 0.390 e. The molecule has 1 saturated heterocycles. The minimum Gasteiger partial charge on any atom is -0.390 e. The van der Waals surface area contributed by atoms with Crippen molar-refractivity contribution in [3.05, 3.63) is 34.2 Å². The van der Waals surface area contributed by atoms with Crippen molar-refractivity contribution >= 4 is 45.3 Å². The number of rotatable bonds is 3. The summed E-state index contributed by atoms with van der Waals surface area (Å²) >= 11 is 12.9. The quantitative estimate of drug-likeness (QED) is 0.523. The number of ether oxygens (including phenoxy) is 1. The SMILES string of the molecule is OCc1nc2c(-c3ccc4cn[nH]c4c3Cl)nn(C3CCCCO3)c2nc1Cl. The highest BCUT2D eigenvalue weighted by molar-refractivity contribution is 6.38. The number of benzene rings is 1. The Hall–Kier alpha value is -2.26. The van der Waals surface area contributed by atoms with Crippen LogP contribution in [0.25, 0.3) is 33.3 Å². The van der Waals surface area contributed by atoms with Gasteiger partial charge >= 0.3 is 0 Å². The zero-order valence-corrected chi connectivity index (χ0v) is 16.2. The number of aromatic amines is 1. The summed E-state index contributed by atoms with van der Waals surface area (Å²) in [6.07, 6.45) is 4.35. The normalized spacial score (nSPS) is 17.6. The molecule has 0 amide bonds. The van der Waals surface area contributed by atoms with Gasteiger partial charge in [-0.2, -0.15) is 10.2 Å². The van der Waals surface area contributed by atoms with Crippen LogP contribution in [0.4, 0.5) is 0 Å². The van der Waals surface area contributed by atoms with Crippen LogP contribution < -0.4 is 0 Å². The van der Waals surface area contributed by atoms with E-state index in [1.807, 2.05) is 12.1 Å². The molecule has 5 rings (SSSR count). The molecule has 1 atom stereocenters. The maximum atomic E-state index is 9.58. The lowest BCUT2D eigenvalue weighted by Crippen LogP contribution is -2.19. The minimum atomic E-state index is -0.320. The van der Waals surface area contributed by atoms with Gasteiger partial charge in [0.15, 0.2) is 17.0 Å². The topological polar surface area (TPSA) is 102 Å². The lowest BCUT2D eigenvalue weighted by Gasteiger charge is -2.23. The summed E-state index contributed by atoms with van der Waals surface area (Å²) in [7, 11) is 0. The fourth-order valence-electron chi connectivity index (χ4n) is 3.52. The molecule has 1 unspecified atom stereocenters. The van der Waals surface area contributed by atoms with E-state index in [0.29, 0.717) is 39.7 Å². The molecule has 4 aromatic rings. The molecule has 1 aromatic carbocycles. The van der Waals surface area contributed by atoms with Gasteiger partial charge in [-0.1, -0.05) is 35.3 Å². The molecule has 4 heterocycles. The first-order valence-corrected chi connectivity index (χ1v) is 9.72. The predicted octanol–water partition coefficient (Wildman–Crippen LogP) is 3.87. The van der Waals surface area contributed by atoms with Crippen LogP contribution in [0.5, 0.6) is 0 Å². The van der Waals surface area contributed by atoms with Gasteiger partial charge in [-0.3, -0.25) is 5.10 Å². The Labute approximate surface area is 169 Å². The number of fused-ring (bicyclic) bond motifs is 2. The lowest BCUT2D eigenvalue weighted by atomic mass is 10.1. The van der Waals surface area contributed by atoms with E-state index in [-0.39, 0.29) is 18.0 Å². The first kappa shape index (κ1) is 17.8. The van der Waals surface area contributed by atoms with Crippen LogP contribution in [0.2, 0.25) is 10.2 Å². The molecule has 0 spiro atoms. The Morgan fingerprint density at radius 2 is 2.14 bits per heavy atom. The Bertz CT molecular complexity index is 1180. The molecule has 0 aliphatic carbocycles. The molecule has 3 aromatic heterocycles. The summed E-state index contributed by atoms with van der Waals surface area (Å²) in [5.41, 5.74) is 3.29. The number of hydrogen-bond donors (Lipinski definition) is 2. The van der Waals surface area contributed by atoms with Crippen LogP contribution in [0.3, 0.4) is 0 Å². The fourth-order valence-corrected chi connectivity index (χ4v) is 4.01. The third-order valence-electron chi connectivity index (χ3n) is 4.94. The molecule has 2 N–H and O–H groups in total. The van der Waals surface area contributed by atoms with Crippen molar-refractivity contribution in [2.24, 2.45) is 0 Å². The number of hydrogen-bond acceptors (Lipinski definition) is 6. The molecular weight excluding hydrogens is 403 g/mol. The molecule has 0 radical (unpaired) electrons. The van der Waals surface area contributed by atoms with Gasteiger partial charge in [0.2, 0.25) is 0 Å². The Kier molecular flexibility index (Phi) is 4.43. The van der Waals surface area contributed by atoms with Gasteiger partial charge in [0, 0.05) is 17.6 Å². The molecular formula is C18H16Cl2N6O2. The maximum absolute atomic E-state index is 9.58. The van der Waals surface area contributed by atoms with E-state index in [1.165, 1.54) is 0 Å². The molecule has 1 fully saturated rings. The van der Waals surface area contributed by atoms with Crippen molar-refractivity contribution in [2.75, 3.05) is 6.61 Å². The van der Waals surface area contributed by atoms with E-state index in [4.69, 9.17) is 33.0 Å². The molecule has 0 bridgehead atoms. The summed E-state index contributed by atoms with van der Waals surface area (Å²) in [5.74, 6) is 0. The second-order valence-electron chi connectivity index (χ2n) is 6.67. The number of nitrogens with zero attached hydrogens (tertiary/aromatic N) is 5. The molecule has 10 heteroatoms. The van der Waals surface area contributed by atoms with E-state index in [0.717, 1.165) is 30.2 Å². The third kappa shape index (κ3) is 2.76. The van der Waals surface area contributed by atoms with Gasteiger partial charge in [0.1, 0.15) is 16.9 Å². The zero-order chi connectivity index (χ0) is 19.3. The fraction of sp³-hybridized carbons (Fsp3) is 0.333. The van der Waals surface area contributed by atoms with Gasteiger partial charge in [-0.15, -0.1) is 0 Å². The van der Waals surface area contributed by atoms with Crippen molar-refractivity contribution in [3.8, 4) is 11.3 Å². The summed E-state index contributed by atoms with van der Waals surface area (Å²) in [6.45, 7) is 0.345. The summed E-state index contributed by atoms with van der Waals surface area (Å²) in [5, 5.41) is 22.8. The van der Waals surface area contributed by atoms with Crippen LogP contribution in [-0.4, -0.2) is 41.7 Å². The van der Waals surface area contributed by atoms with Crippen LogP contribution >= 0.6 is 23.2 Å². The maximum Gasteiger partial charge on any atom is 0.181 e. The van der Waals surface area contributed by atoms with Crippen molar-refractivity contribution in [1.29, 1.82) is 0 Å². The predicted molar refractivity (Wildman–Crippen MR) is 105 cm³/mol. The zero-order valence-electron chi connectivity index (χ0n) is 14.7. The van der Waals surface area contributed by atoms with Crippen LogP contribution in [-0.2, 0) is 11.3 Å². The van der Waals surface area contributed by atoms with Gasteiger partial charge in [-0.05, 0) is 19.3 Å². The first-order valence-electron chi connectivity index (χ1n) is 8.96. The standard InChI is InChI=1S/C18H16Cl2N6O2/c19-13-10(5-4-9-7-21-24-14(9)13)15-16-18(23-17(20)11(8-27)22-16)26(25-15)12-3-1-2-6-28-12/h4-5,7,12,27H,1-3,6,8H2,(H,21,24). The van der Waals surface area contributed by atoms with E-state index in [2.05, 4.69) is 20.2 Å². The van der Waals surface area contributed by atoms with Gasteiger partial charge in [-0.25, -0.2) is 14.6 Å².